The molecular formula is C39H68N4O8S. The second kappa shape index (κ2) is 27.6. The van der Waals surface area contributed by atoms with Crippen molar-refractivity contribution in [2.45, 2.75) is 114 Å². The zero-order valence-corrected chi connectivity index (χ0v) is 32.9. The molecule has 298 valence electrons. The van der Waals surface area contributed by atoms with Gasteiger partial charge in [0.2, 0.25) is 11.8 Å². The van der Waals surface area contributed by atoms with E-state index in [0.29, 0.717) is 89.5 Å². The predicted octanol–water partition coefficient (Wildman–Crippen LogP) is 4.55. The third-order valence-electron chi connectivity index (χ3n) is 9.81. The summed E-state index contributed by atoms with van der Waals surface area (Å²) in [6.07, 6.45) is 16.4. The molecule has 0 aromatic carbocycles. The molecule has 12 nitrogen and oxygen atoms in total. The number of allylic oxidation sites excluding steroid dienone is 2. The summed E-state index contributed by atoms with van der Waals surface area (Å²) in [5.41, 5.74) is 5.70. The number of methoxy groups -OCH3 is 1. The Bertz CT molecular complexity index is 1090. The SMILES string of the molecule is CO[C@H]1/C=C/CCCCC(=NNCCCOCCOCCOCCOCCNC(=O)CCCCC2SCC3NC(=O)CC32)CC/C(C)=C\[C@@H](C)[C@@H]1O. The number of unbranched alkanes of at least 4 members (excludes halogenated alkanes) is 1. The molecule has 13 heteroatoms. The van der Waals surface area contributed by atoms with Crippen LogP contribution in [-0.2, 0) is 33.3 Å². The number of fused-ring (bicyclic) bond motifs is 1. The number of aliphatic hydroxyl groups is 1. The quantitative estimate of drug-likeness (QED) is 0.0666. The van der Waals surface area contributed by atoms with Gasteiger partial charge in [0.1, 0.15) is 6.10 Å². The summed E-state index contributed by atoms with van der Waals surface area (Å²) in [5.74, 6) is 1.77. The smallest absolute Gasteiger partial charge is 0.220 e. The van der Waals surface area contributed by atoms with Crippen LogP contribution in [0.1, 0.15) is 90.9 Å². The van der Waals surface area contributed by atoms with Gasteiger partial charge < -0.3 is 44.9 Å². The summed E-state index contributed by atoms with van der Waals surface area (Å²) in [4.78, 5) is 23.7. The Morgan fingerprint density at radius 2 is 1.69 bits per heavy atom. The van der Waals surface area contributed by atoms with Gasteiger partial charge in [-0.1, -0.05) is 37.1 Å². The molecule has 0 saturated carbocycles. The number of hydrogen-bond donors (Lipinski definition) is 4. The zero-order chi connectivity index (χ0) is 37.2. The number of thioether (sulfide) groups is 1. The largest absolute Gasteiger partial charge is 0.389 e. The number of rotatable bonds is 23. The first-order valence-electron chi connectivity index (χ1n) is 19.7. The Hall–Kier alpha value is -2.00. The van der Waals surface area contributed by atoms with Crippen molar-refractivity contribution in [1.82, 2.24) is 16.1 Å². The standard InChI is InChI=1S/C39H68N4O8S/c1-30-15-16-32(11-6-4-5-7-12-35(47-3)39(46)31(2)27-30)43-41-17-10-19-48-21-23-50-25-26-51-24-22-49-20-18-40-37(44)14-9-8-13-36-33-28-38(45)42-34(33)29-52-36/h7,12,27,31,33-36,39,41,46H,4-6,8-11,13-26,28-29H2,1-3H3,(H,40,44)(H,42,45)/b12-7+,30-27-,43-32?/t31-,33?,34?,35+,36?,39+/m1/s1. The van der Waals surface area contributed by atoms with Gasteiger partial charge in [0.25, 0.3) is 0 Å². The second-order valence-corrected chi connectivity index (χ2v) is 15.4. The fourth-order valence-corrected chi connectivity index (χ4v) is 8.41. The lowest BCUT2D eigenvalue weighted by Crippen LogP contribution is -2.31. The second-order valence-electron chi connectivity index (χ2n) is 14.1. The molecule has 3 rings (SSSR count). The van der Waals surface area contributed by atoms with Gasteiger partial charge in [0, 0.05) is 74.2 Å². The molecule has 1 aliphatic carbocycles. The van der Waals surface area contributed by atoms with Crippen molar-refractivity contribution in [2.24, 2.45) is 16.9 Å². The number of nitrogens with one attached hydrogen (secondary N) is 3. The molecule has 3 unspecified atom stereocenters. The van der Waals surface area contributed by atoms with E-state index >= 15 is 0 Å². The summed E-state index contributed by atoms with van der Waals surface area (Å²) in [6, 6.07) is 0.360. The lowest BCUT2D eigenvalue weighted by atomic mass is 9.94. The zero-order valence-electron chi connectivity index (χ0n) is 32.1. The van der Waals surface area contributed by atoms with E-state index in [1.165, 1.54) is 11.3 Å². The van der Waals surface area contributed by atoms with Crippen molar-refractivity contribution in [3.8, 4) is 0 Å². The van der Waals surface area contributed by atoms with Gasteiger partial charge in [-0.2, -0.15) is 16.9 Å². The van der Waals surface area contributed by atoms with Crippen LogP contribution in [0, 0.1) is 11.8 Å². The Morgan fingerprint density at radius 3 is 2.44 bits per heavy atom. The van der Waals surface area contributed by atoms with E-state index in [1.807, 2.05) is 24.8 Å². The van der Waals surface area contributed by atoms with Crippen LogP contribution in [0.5, 0.6) is 0 Å². The number of carbonyl (C=O) groups is 2. The van der Waals surface area contributed by atoms with Gasteiger partial charge in [0.15, 0.2) is 0 Å². The highest BCUT2D eigenvalue weighted by molar-refractivity contribution is 8.00. The van der Waals surface area contributed by atoms with Gasteiger partial charge in [0.05, 0.1) is 52.4 Å². The number of hydrazone groups is 1. The van der Waals surface area contributed by atoms with Crippen LogP contribution in [-0.4, -0.2) is 125 Å². The van der Waals surface area contributed by atoms with Crippen molar-refractivity contribution < 1.29 is 38.4 Å². The van der Waals surface area contributed by atoms with Crippen molar-refractivity contribution in [3.05, 3.63) is 23.8 Å². The summed E-state index contributed by atoms with van der Waals surface area (Å²) in [5, 5.41) is 22.0. The molecule has 2 amide bonds. The summed E-state index contributed by atoms with van der Waals surface area (Å²) in [6.45, 7) is 9.58. The molecule has 2 saturated heterocycles. The fraction of sp³-hybridized carbons (Fsp3) is 0.821. The molecule has 0 radical (unpaired) electrons. The summed E-state index contributed by atoms with van der Waals surface area (Å²) < 4.78 is 27.9. The summed E-state index contributed by atoms with van der Waals surface area (Å²) in [7, 11) is 1.65. The minimum absolute atomic E-state index is 0.0148. The average molecular weight is 753 g/mol. The van der Waals surface area contributed by atoms with Gasteiger partial charge >= 0.3 is 0 Å². The minimum Gasteiger partial charge on any atom is -0.389 e. The molecule has 2 aliphatic heterocycles. The van der Waals surface area contributed by atoms with Crippen LogP contribution in [0.3, 0.4) is 0 Å². The predicted molar refractivity (Wildman–Crippen MR) is 208 cm³/mol. The maximum absolute atomic E-state index is 12.1. The highest BCUT2D eigenvalue weighted by Crippen LogP contribution is 2.40. The number of amides is 2. The van der Waals surface area contributed by atoms with E-state index in [1.54, 1.807) is 7.11 Å². The van der Waals surface area contributed by atoms with E-state index in [4.69, 9.17) is 28.8 Å². The molecule has 0 spiro atoms. The molecule has 2 heterocycles. The van der Waals surface area contributed by atoms with E-state index in [2.05, 4.69) is 35.1 Å². The molecule has 6 atom stereocenters. The molecule has 0 bridgehead atoms. The van der Waals surface area contributed by atoms with Gasteiger partial charge in [-0.3, -0.25) is 9.59 Å². The fourth-order valence-electron chi connectivity index (χ4n) is 6.76. The van der Waals surface area contributed by atoms with Crippen LogP contribution < -0.4 is 16.1 Å². The van der Waals surface area contributed by atoms with Crippen molar-refractivity contribution >= 4 is 29.3 Å². The molecular weight excluding hydrogens is 685 g/mol. The molecule has 0 aromatic rings. The van der Waals surface area contributed by atoms with E-state index in [-0.39, 0.29) is 23.8 Å². The highest BCUT2D eigenvalue weighted by atomic mass is 32.2. The Labute approximate surface area is 317 Å². The third kappa shape index (κ3) is 18.9. The molecule has 2 fully saturated rings. The first-order valence-corrected chi connectivity index (χ1v) is 20.7. The molecule has 0 aromatic heterocycles. The van der Waals surface area contributed by atoms with Crippen LogP contribution in [0.15, 0.2) is 28.9 Å². The van der Waals surface area contributed by atoms with Crippen LogP contribution in [0.25, 0.3) is 0 Å². The Kier molecular flexibility index (Phi) is 23.5. The Morgan fingerprint density at radius 1 is 0.962 bits per heavy atom. The minimum atomic E-state index is -0.561. The van der Waals surface area contributed by atoms with E-state index in [9.17, 15) is 14.7 Å². The number of aliphatic hydroxyl groups excluding tert-OH is 1. The van der Waals surface area contributed by atoms with Crippen molar-refractivity contribution in [3.63, 3.8) is 0 Å². The normalized spacial score (nSPS) is 28.1. The number of nitrogens with zero attached hydrogens (tertiary/aromatic N) is 1. The first kappa shape index (κ1) is 44.4. The third-order valence-corrected chi connectivity index (χ3v) is 11.4. The van der Waals surface area contributed by atoms with Crippen LogP contribution in [0.4, 0.5) is 0 Å². The topological polar surface area (TPSA) is 149 Å². The maximum Gasteiger partial charge on any atom is 0.220 e. The summed E-state index contributed by atoms with van der Waals surface area (Å²) >= 11 is 1.97. The van der Waals surface area contributed by atoms with Gasteiger partial charge in [-0.25, -0.2) is 0 Å². The Balaban J connectivity index is 1.07. The van der Waals surface area contributed by atoms with E-state index < -0.39 is 6.10 Å². The number of hydrogen-bond acceptors (Lipinski definition) is 11. The highest BCUT2D eigenvalue weighted by Gasteiger charge is 2.42. The van der Waals surface area contributed by atoms with Crippen LogP contribution in [0.2, 0.25) is 0 Å². The molecule has 4 N–H and O–H groups in total. The van der Waals surface area contributed by atoms with Gasteiger partial charge in [-0.05, 0) is 64.7 Å². The van der Waals surface area contributed by atoms with Crippen molar-refractivity contribution in [2.75, 3.05) is 78.8 Å². The van der Waals surface area contributed by atoms with E-state index in [0.717, 1.165) is 76.5 Å². The maximum atomic E-state index is 12.1. The van der Waals surface area contributed by atoms with Crippen molar-refractivity contribution in [1.29, 1.82) is 0 Å². The first-order chi connectivity index (χ1) is 25.4. The number of carbonyl (C=O) groups excluding carboxylic acids is 2. The molecule has 52 heavy (non-hydrogen) atoms. The monoisotopic (exact) mass is 752 g/mol. The average Bonchev–Trinajstić information content (AvgIpc) is 3.69. The lowest BCUT2D eigenvalue weighted by Gasteiger charge is -2.23. The molecule has 3 aliphatic rings. The van der Waals surface area contributed by atoms with Crippen LogP contribution >= 0.6 is 11.8 Å². The number of ether oxygens (including phenoxy) is 5. The lowest BCUT2D eigenvalue weighted by molar-refractivity contribution is -0.121. The van der Waals surface area contributed by atoms with Gasteiger partial charge in [-0.15, -0.1) is 0 Å².